The van der Waals surface area contributed by atoms with Crippen LogP contribution in [0.15, 0.2) is 59.2 Å². The fourth-order valence-electron chi connectivity index (χ4n) is 2.61. The Balaban J connectivity index is 1.68. The lowest BCUT2D eigenvalue weighted by Gasteiger charge is -2.09. The maximum atomic E-state index is 12.5. The van der Waals surface area contributed by atoms with E-state index in [9.17, 15) is 4.79 Å². The molecule has 0 saturated heterocycles. The maximum Gasteiger partial charge on any atom is 0.255 e. The van der Waals surface area contributed by atoms with Gasteiger partial charge < -0.3 is 10.1 Å². The van der Waals surface area contributed by atoms with Crippen LogP contribution in [0.4, 0.5) is 5.69 Å². The van der Waals surface area contributed by atoms with Crippen LogP contribution in [0, 0.1) is 6.92 Å². The van der Waals surface area contributed by atoms with Crippen molar-refractivity contribution in [2.75, 3.05) is 5.32 Å². The zero-order chi connectivity index (χ0) is 18.5. The van der Waals surface area contributed by atoms with Gasteiger partial charge in [-0.05, 0) is 49.7 Å². The van der Waals surface area contributed by atoms with Crippen LogP contribution in [0.1, 0.15) is 28.5 Å². The van der Waals surface area contributed by atoms with E-state index in [0.717, 1.165) is 33.7 Å². The van der Waals surface area contributed by atoms with Crippen LogP contribution in [0.5, 0.6) is 5.75 Å². The molecular weight excluding hydrogens is 394 g/mol. The largest absolute Gasteiger partial charge is 0.489 e. The Hall–Kier alpha value is -2.60. The standard InChI is InChI=1S/C20H20BrN3O2/c1-3-24-14(2)19(12-22-24)23-20(25)16-7-4-6-15(10-16)13-26-18-9-5-8-17(21)11-18/h4-12H,3,13H2,1-2H3,(H,23,25). The number of aromatic nitrogens is 2. The Morgan fingerprint density at radius 2 is 2.04 bits per heavy atom. The van der Waals surface area contributed by atoms with Crippen LogP contribution in [-0.2, 0) is 13.2 Å². The minimum atomic E-state index is -0.159. The molecule has 0 saturated carbocycles. The van der Waals surface area contributed by atoms with E-state index in [2.05, 4.69) is 26.3 Å². The molecule has 0 atom stereocenters. The summed E-state index contributed by atoms with van der Waals surface area (Å²) in [6.07, 6.45) is 1.68. The number of nitrogens with zero attached hydrogens (tertiary/aromatic N) is 2. The smallest absolute Gasteiger partial charge is 0.255 e. The predicted octanol–water partition coefficient (Wildman–Crippen LogP) is 4.81. The molecule has 1 N–H and O–H groups in total. The Morgan fingerprint density at radius 1 is 1.23 bits per heavy atom. The van der Waals surface area contributed by atoms with Crippen LogP contribution in [0.2, 0.25) is 0 Å². The van der Waals surface area contributed by atoms with Crippen LogP contribution < -0.4 is 10.1 Å². The first-order chi connectivity index (χ1) is 12.6. The van der Waals surface area contributed by atoms with Crippen molar-refractivity contribution in [2.45, 2.75) is 27.0 Å². The molecule has 0 unspecified atom stereocenters. The zero-order valence-electron chi connectivity index (χ0n) is 14.7. The number of ether oxygens (including phenoxy) is 1. The van der Waals surface area contributed by atoms with E-state index in [-0.39, 0.29) is 5.91 Å². The fourth-order valence-corrected chi connectivity index (χ4v) is 2.99. The third kappa shape index (κ3) is 4.32. The quantitative estimate of drug-likeness (QED) is 0.630. The molecule has 1 heterocycles. The number of hydrogen-bond donors (Lipinski definition) is 1. The van der Waals surface area contributed by atoms with Crippen molar-refractivity contribution in [1.29, 1.82) is 0 Å². The molecule has 26 heavy (non-hydrogen) atoms. The van der Waals surface area contributed by atoms with Gasteiger partial charge in [0.05, 0.1) is 17.6 Å². The van der Waals surface area contributed by atoms with Gasteiger partial charge in [0.1, 0.15) is 12.4 Å². The third-order valence-electron chi connectivity index (χ3n) is 4.04. The fraction of sp³-hybridized carbons (Fsp3) is 0.200. The number of anilines is 1. The lowest BCUT2D eigenvalue weighted by atomic mass is 10.1. The Labute approximate surface area is 161 Å². The molecule has 0 radical (unpaired) electrons. The number of nitrogens with one attached hydrogen (secondary N) is 1. The minimum absolute atomic E-state index is 0.159. The second kappa shape index (κ2) is 8.19. The van der Waals surface area contributed by atoms with Crippen LogP contribution in [0.25, 0.3) is 0 Å². The van der Waals surface area contributed by atoms with Crippen LogP contribution in [0.3, 0.4) is 0 Å². The van der Waals surface area contributed by atoms with Crippen molar-refractivity contribution in [3.63, 3.8) is 0 Å². The molecule has 0 bridgehead atoms. The highest BCUT2D eigenvalue weighted by Gasteiger charge is 2.11. The average Bonchev–Trinajstić information content (AvgIpc) is 3.00. The van der Waals surface area contributed by atoms with Gasteiger partial charge in [-0.2, -0.15) is 5.10 Å². The molecule has 134 valence electrons. The van der Waals surface area contributed by atoms with Crippen molar-refractivity contribution < 1.29 is 9.53 Å². The van der Waals surface area contributed by atoms with Gasteiger partial charge in [0.15, 0.2) is 0 Å². The molecule has 0 spiro atoms. The molecule has 0 aliphatic rings. The van der Waals surface area contributed by atoms with Crippen molar-refractivity contribution >= 4 is 27.5 Å². The normalized spacial score (nSPS) is 10.6. The van der Waals surface area contributed by atoms with Gasteiger partial charge in [-0.1, -0.05) is 34.1 Å². The molecule has 3 rings (SSSR count). The number of amides is 1. The molecule has 1 amide bonds. The number of rotatable bonds is 6. The first-order valence-corrected chi connectivity index (χ1v) is 9.17. The number of hydrogen-bond acceptors (Lipinski definition) is 3. The van der Waals surface area contributed by atoms with Gasteiger partial charge in [0.25, 0.3) is 5.91 Å². The van der Waals surface area contributed by atoms with Crippen LogP contribution in [-0.4, -0.2) is 15.7 Å². The summed E-state index contributed by atoms with van der Waals surface area (Å²) < 4.78 is 8.60. The van der Waals surface area contributed by atoms with Crippen molar-refractivity contribution in [3.05, 3.63) is 76.0 Å². The van der Waals surface area contributed by atoms with Crippen LogP contribution >= 0.6 is 15.9 Å². The molecular formula is C20H20BrN3O2. The zero-order valence-corrected chi connectivity index (χ0v) is 16.3. The Kier molecular flexibility index (Phi) is 5.73. The van der Waals surface area contributed by atoms with E-state index in [1.165, 1.54) is 0 Å². The van der Waals surface area contributed by atoms with E-state index in [1.807, 2.05) is 61.0 Å². The first kappa shape index (κ1) is 18.2. The maximum absolute atomic E-state index is 12.5. The number of aryl methyl sites for hydroxylation is 1. The molecule has 1 aromatic heterocycles. The Bertz CT molecular complexity index is 921. The number of carbonyl (C=O) groups excluding carboxylic acids is 1. The summed E-state index contributed by atoms with van der Waals surface area (Å²) in [4.78, 5) is 12.5. The highest BCUT2D eigenvalue weighted by molar-refractivity contribution is 9.10. The number of benzene rings is 2. The number of carbonyl (C=O) groups is 1. The van der Waals surface area contributed by atoms with Gasteiger partial charge in [-0.25, -0.2) is 0 Å². The average molecular weight is 414 g/mol. The summed E-state index contributed by atoms with van der Waals surface area (Å²) in [6.45, 7) is 5.11. The van der Waals surface area contributed by atoms with E-state index >= 15 is 0 Å². The lowest BCUT2D eigenvalue weighted by Crippen LogP contribution is -2.13. The molecule has 6 heteroatoms. The molecule has 5 nitrogen and oxygen atoms in total. The summed E-state index contributed by atoms with van der Waals surface area (Å²) in [7, 11) is 0. The summed E-state index contributed by atoms with van der Waals surface area (Å²) in [6, 6.07) is 15.1. The van der Waals surface area contributed by atoms with Gasteiger partial charge in [0, 0.05) is 16.6 Å². The molecule has 3 aromatic rings. The molecule has 2 aromatic carbocycles. The first-order valence-electron chi connectivity index (χ1n) is 8.38. The van der Waals surface area contributed by atoms with E-state index in [0.29, 0.717) is 12.2 Å². The monoisotopic (exact) mass is 413 g/mol. The van der Waals surface area contributed by atoms with E-state index < -0.39 is 0 Å². The van der Waals surface area contributed by atoms with Gasteiger partial charge in [0.2, 0.25) is 0 Å². The topological polar surface area (TPSA) is 56.2 Å². The number of halogens is 1. The summed E-state index contributed by atoms with van der Waals surface area (Å²) in [5.74, 6) is 0.616. The highest BCUT2D eigenvalue weighted by Crippen LogP contribution is 2.20. The van der Waals surface area contributed by atoms with Crippen molar-refractivity contribution in [2.24, 2.45) is 0 Å². The molecule has 0 aliphatic heterocycles. The molecule has 0 aliphatic carbocycles. The summed E-state index contributed by atoms with van der Waals surface area (Å²) >= 11 is 3.42. The predicted molar refractivity (Wildman–Crippen MR) is 106 cm³/mol. The second-order valence-corrected chi connectivity index (χ2v) is 6.78. The SMILES string of the molecule is CCn1ncc(NC(=O)c2cccc(COc3cccc(Br)c3)c2)c1C. The van der Waals surface area contributed by atoms with Crippen molar-refractivity contribution in [1.82, 2.24) is 9.78 Å². The Morgan fingerprint density at radius 3 is 2.77 bits per heavy atom. The third-order valence-corrected chi connectivity index (χ3v) is 4.53. The lowest BCUT2D eigenvalue weighted by molar-refractivity contribution is 0.102. The highest BCUT2D eigenvalue weighted by atomic mass is 79.9. The second-order valence-electron chi connectivity index (χ2n) is 5.86. The van der Waals surface area contributed by atoms with E-state index in [4.69, 9.17) is 4.74 Å². The van der Waals surface area contributed by atoms with Crippen molar-refractivity contribution in [3.8, 4) is 5.75 Å². The molecule has 0 fully saturated rings. The van der Waals surface area contributed by atoms with Gasteiger partial charge >= 0.3 is 0 Å². The summed E-state index contributed by atoms with van der Waals surface area (Å²) in [5, 5.41) is 7.17. The van der Waals surface area contributed by atoms with Gasteiger partial charge in [-0.15, -0.1) is 0 Å². The van der Waals surface area contributed by atoms with E-state index in [1.54, 1.807) is 12.3 Å². The summed E-state index contributed by atoms with van der Waals surface area (Å²) in [5.41, 5.74) is 3.19. The van der Waals surface area contributed by atoms with Gasteiger partial charge in [-0.3, -0.25) is 9.48 Å². The minimum Gasteiger partial charge on any atom is -0.489 e.